The smallest absolute Gasteiger partial charge is 0.248 e. The van der Waals surface area contributed by atoms with Crippen LogP contribution in [0.4, 0.5) is 17.8 Å². The van der Waals surface area contributed by atoms with Gasteiger partial charge in [0.05, 0.1) is 6.54 Å². The second-order valence-corrected chi connectivity index (χ2v) is 3.51. The first kappa shape index (κ1) is 12.9. The van der Waals surface area contributed by atoms with Gasteiger partial charge in [0.2, 0.25) is 23.8 Å². The quantitative estimate of drug-likeness (QED) is 0.453. The highest BCUT2D eigenvalue weighted by Crippen LogP contribution is 2.08. The Labute approximate surface area is 97.9 Å². The minimum Gasteiger partial charge on any atom is -0.381 e. The van der Waals surface area contributed by atoms with Gasteiger partial charge in [-0.15, -0.1) is 0 Å². The van der Waals surface area contributed by atoms with Crippen molar-refractivity contribution in [3.8, 4) is 0 Å². The molecule has 9 nitrogen and oxygen atoms in total. The van der Waals surface area contributed by atoms with E-state index in [1.165, 1.54) is 0 Å². The lowest BCUT2D eigenvalue weighted by Crippen LogP contribution is -2.34. The summed E-state index contributed by atoms with van der Waals surface area (Å²) < 4.78 is 0. The van der Waals surface area contributed by atoms with E-state index >= 15 is 0 Å². The number of nitrogens with one attached hydrogen (secondary N) is 1. The van der Waals surface area contributed by atoms with Gasteiger partial charge in [-0.1, -0.05) is 0 Å². The zero-order valence-electron chi connectivity index (χ0n) is 9.58. The summed E-state index contributed by atoms with van der Waals surface area (Å²) in [5.74, 6) is -0.248. The largest absolute Gasteiger partial charge is 0.381 e. The third-order valence-corrected chi connectivity index (χ3v) is 1.82. The molecule has 94 valence electrons. The first-order chi connectivity index (χ1) is 7.90. The van der Waals surface area contributed by atoms with Gasteiger partial charge in [0.1, 0.15) is 6.10 Å². The summed E-state index contributed by atoms with van der Waals surface area (Å²) in [6.45, 7) is -0.0916. The molecule has 0 bridgehead atoms. The molecule has 1 rings (SSSR count). The molecule has 1 aromatic heterocycles. The van der Waals surface area contributed by atoms with Crippen LogP contribution in [0.2, 0.25) is 0 Å². The standard InChI is InChI=1S/C8H15N7O2/c1-15(2)8-13-6(10)12-7(14-8)11-3-4(16)5(9)17/h4,16H,3H2,1-2H3,(H2,9,17)(H3,10,11,12,13,14). The fourth-order valence-electron chi connectivity index (χ4n) is 0.948. The molecular weight excluding hydrogens is 226 g/mol. The Hall–Kier alpha value is -2.16. The van der Waals surface area contributed by atoms with Crippen molar-refractivity contribution in [1.82, 2.24) is 15.0 Å². The minimum atomic E-state index is -1.31. The molecule has 0 saturated carbocycles. The summed E-state index contributed by atoms with van der Waals surface area (Å²) in [6, 6.07) is 0. The number of aliphatic hydroxyl groups excluding tert-OH is 1. The molecule has 0 aliphatic carbocycles. The summed E-state index contributed by atoms with van der Waals surface area (Å²) >= 11 is 0. The highest BCUT2D eigenvalue weighted by atomic mass is 16.3. The van der Waals surface area contributed by atoms with Gasteiger partial charge in [-0.2, -0.15) is 15.0 Å². The molecule has 0 spiro atoms. The molecule has 0 fully saturated rings. The Morgan fingerprint density at radius 3 is 2.65 bits per heavy atom. The first-order valence-corrected chi connectivity index (χ1v) is 4.80. The van der Waals surface area contributed by atoms with Crippen molar-refractivity contribution in [2.75, 3.05) is 36.6 Å². The van der Waals surface area contributed by atoms with Crippen LogP contribution < -0.4 is 21.7 Å². The molecule has 0 radical (unpaired) electrons. The second-order valence-electron chi connectivity index (χ2n) is 3.51. The van der Waals surface area contributed by atoms with Gasteiger partial charge >= 0.3 is 0 Å². The van der Waals surface area contributed by atoms with Crippen LogP contribution in [0.25, 0.3) is 0 Å². The number of anilines is 3. The number of rotatable bonds is 5. The summed E-state index contributed by atoms with van der Waals surface area (Å²) in [7, 11) is 3.49. The number of carbonyl (C=O) groups is 1. The third kappa shape index (κ3) is 3.72. The summed E-state index contributed by atoms with van der Waals surface area (Å²) in [5, 5.41) is 11.8. The van der Waals surface area contributed by atoms with Crippen molar-refractivity contribution in [1.29, 1.82) is 0 Å². The van der Waals surface area contributed by atoms with Gasteiger partial charge in [-0.3, -0.25) is 4.79 Å². The van der Waals surface area contributed by atoms with Crippen LogP contribution in [0, 0.1) is 0 Å². The van der Waals surface area contributed by atoms with E-state index in [0.717, 1.165) is 0 Å². The molecule has 0 aliphatic heterocycles. The normalized spacial score (nSPS) is 11.9. The van der Waals surface area contributed by atoms with Gasteiger partial charge in [-0.05, 0) is 0 Å². The predicted octanol–water partition coefficient (Wildman–Crippen LogP) is -2.22. The van der Waals surface area contributed by atoms with Crippen LogP contribution in [0.3, 0.4) is 0 Å². The maximum Gasteiger partial charge on any atom is 0.248 e. The number of aromatic nitrogens is 3. The summed E-state index contributed by atoms with van der Waals surface area (Å²) in [5.41, 5.74) is 10.4. The van der Waals surface area contributed by atoms with E-state index in [1.807, 2.05) is 0 Å². The predicted molar refractivity (Wildman–Crippen MR) is 62.3 cm³/mol. The fourth-order valence-corrected chi connectivity index (χ4v) is 0.948. The van der Waals surface area contributed by atoms with Gasteiger partial charge in [0.25, 0.3) is 0 Å². The van der Waals surface area contributed by atoms with Crippen molar-refractivity contribution in [3.63, 3.8) is 0 Å². The molecule has 0 aliphatic rings. The van der Waals surface area contributed by atoms with Gasteiger partial charge in [-0.25, -0.2) is 0 Å². The van der Waals surface area contributed by atoms with E-state index in [-0.39, 0.29) is 18.4 Å². The number of aliphatic hydroxyl groups is 1. The lowest BCUT2D eigenvalue weighted by atomic mass is 10.3. The van der Waals surface area contributed by atoms with E-state index in [1.54, 1.807) is 19.0 Å². The summed E-state index contributed by atoms with van der Waals surface area (Å²) in [6.07, 6.45) is -1.31. The number of hydrogen-bond donors (Lipinski definition) is 4. The number of hydrogen-bond acceptors (Lipinski definition) is 8. The van der Waals surface area contributed by atoms with Crippen molar-refractivity contribution < 1.29 is 9.90 Å². The van der Waals surface area contributed by atoms with Crippen molar-refractivity contribution in [2.24, 2.45) is 5.73 Å². The zero-order valence-corrected chi connectivity index (χ0v) is 9.58. The van der Waals surface area contributed by atoms with Gasteiger partial charge in [0.15, 0.2) is 0 Å². The maximum absolute atomic E-state index is 10.6. The fraction of sp³-hybridized carbons (Fsp3) is 0.500. The molecule has 0 saturated heterocycles. The molecule has 6 N–H and O–H groups in total. The highest BCUT2D eigenvalue weighted by Gasteiger charge is 2.12. The SMILES string of the molecule is CN(C)c1nc(N)nc(NCC(O)C(N)=O)n1. The number of nitrogens with zero attached hydrogens (tertiary/aromatic N) is 4. The molecule has 17 heavy (non-hydrogen) atoms. The molecule has 1 amide bonds. The molecule has 1 heterocycles. The number of amides is 1. The average molecular weight is 241 g/mol. The molecule has 1 unspecified atom stereocenters. The van der Waals surface area contributed by atoms with Crippen LogP contribution in [-0.2, 0) is 4.79 Å². The monoisotopic (exact) mass is 241 g/mol. The van der Waals surface area contributed by atoms with Crippen LogP contribution in [0.1, 0.15) is 0 Å². The highest BCUT2D eigenvalue weighted by molar-refractivity contribution is 5.79. The van der Waals surface area contributed by atoms with Crippen LogP contribution in [0.15, 0.2) is 0 Å². The van der Waals surface area contributed by atoms with E-state index in [9.17, 15) is 9.90 Å². The Balaban J connectivity index is 2.74. The molecule has 0 aromatic carbocycles. The van der Waals surface area contributed by atoms with Crippen molar-refractivity contribution in [2.45, 2.75) is 6.10 Å². The number of carbonyl (C=O) groups excluding carboxylic acids is 1. The zero-order chi connectivity index (χ0) is 13.0. The number of primary amides is 1. The second kappa shape index (κ2) is 5.25. The topological polar surface area (TPSA) is 143 Å². The number of nitrogen functional groups attached to an aromatic ring is 1. The Kier molecular flexibility index (Phi) is 3.99. The van der Waals surface area contributed by atoms with Crippen LogP contribution in [0.5, 0.6) is 0 Å². The molecular formula is C8H15N7O2. The molecule has 1 aromatic rings. The minimum absolute atomic E-state index is 0.0414. The Bertz CT molecular complexity index is 409. The van der Waals surface area contributed by atoms with E-state index < -0.39 is 12.0 Å². The van der Waals surface area contributed by atoms with Gasteiger partial charge < -0.3 is 26.8 Å². The lowest BCUT2D eigenvalue weighted by Gasteiger charge is -2.13. The average Bonchev–Trinajstić information content (AvgIpc) is 2.24. The maximum atomic E-state index is 10.6. The van der Waals surface area contributed by atoms with Crippen molar-refractivity contribution >= 4 is 23.8 Å². The van der Waals surface area contributed by atoms with Crippen molar-refractivity contribution in [3.05, 3.63) is 0 Å². The van der Waals surface area contributed by atoms with E-state index in [4.69, 9.17) is 11.5 Å². The van der Waals surface area contributed by atoms with Crippen LogP contribution >= 0.6 is 0 Å². The Morgan fingerprint density at radius 1 is 1.47 bits per heavy atom. The Morgan fingerprint density at radius 2 is 2.12 bits per heavy atom. The first-order valence-electron chi connectivity index (χ1n) is 4.80. The third-order valence-electron chi connectivity index (χ3n) is 1.82. The van der Waals surface area contributed by atoms with E-state index in [0.29, 0.717) is 5.95 Å². The number of nitrogens with two attached hydrogens (primary N) is 2. The van der Waals surface area contributed by atoms with Crippen LogP contribution in [-0.4, -0.2) is 52.7 Å². The molecule has 9 heteroatoms. The molecule has 1 atom stereocenters. The summed E-state index contributed by atoms with van der Waals surface area (Å²) in [4.78, 5) is 24.0. The van der Waals surface area contributed by atoms with Gasteiger partial charge in [0, 0.05) is 14.1 Å². The lowest BCUT2D eigenvalue weighted by molar-refractivity contribution is -0.125. The van der Waals surface area contributed by atoms with E-state index in [2.05, 4.69) is 20.3 Å².